The molecule has 0 spiro atoms. The van der Waals surface area contributed by atoms with Crippen molar-refractivity contribution in [2.45, 2.75) is 11.8 Å². The topological polar surface area (TPSA) is 37.4 Å². The van der Waals surface area contributed by atoms with E-state index in [-0.39, 0.29) is 11.8 Å². The minimum absolute atomic E-state index is 0.282. The van der Waals surface area contributed by atoms with Gasteiger partial charge in [-0.25, -0.2) is 4.90 Å². The first-order valence-electron chi connectivity index (χ1n) is 8.63. The summed E-state index contributed by atoms with van der Waals surface area (Å²) in [4.78, 5) is 29.1. The van der Waals surface area contributed by atoms with Crippen LogP contribution in [0.25, 0.3) is 5.57 Å². The van der Waals surface area contributed by atoms with E-state index in [1.807, 2.05) is 79.7 Å². The fourth-order valence-corrected chi connectivity index (χ4v) is 4.01. The van der Waals surface area contributed by atoms with E-state index in [2.05, 4.69) is 0 Å². The Hall–Kier alpha value is -3.11. The number of aryl methyl sites for hydroxylation is 1. The van der Waals surface area contributed by atoms with Gasteiger partial charge in [-0.1, -0.05) is 78.0 Å². The lowest BCUT2D eigenvalue weighted by molar-refractivity contribution is -0.119. The van der Waals surface area contributed by atoms with E-state index in [0.717, 1.165) is 16.0 Å². The molecule has 132 valence electrons. The molecule has 0 N–H and O–H groups in total. The third kappa shape index (κ3) is 3.32. The molecule has 0 bridgehead atoms. The van der Waals surface area contributed by atoms with Crippen molar-refractivity contribution in [2.24, 2.45) is 0 Å². The summed E-state index contributed by atoms with van der Waals surface area (Å²) in [5.41, 5.74) is 2.91. The lowest BCUT2D eigenvalue weighted by atomic mass is 10.0. The van der Waals surface area contributed by atoms with E-state index < -0.39 is 0 Å². The molecule has 0 radical (unpaired) electrons. The molecule has 1 aliphatic rings. The number of carbonyl (C=O) groups is 2. The first kappa shape index (κ1) is 17.3. The fourth-order valence-electron chi connectivity index (χ4n) is 3.00. The number of anilines is 1. The van der Waals surface area contributed by atoms with Gasteiger partial charge in [0.1, 0.15) is 0 Å². The summed E-state index contributed by atoms with van der Waals surface area (Å²) in [5, 5.41) is 0. The van der Waals surface area contributed by atoms with Crippen LogP contribution in [0.3, 0.4) is 0 Å². The van der Waals surface area contributed by atoms with Gasteiger partial charge in [-0.05, 0) is 36.8 Å². The third-order valence-electron chi connectivity index (χ3n) is 4.36. The van der Waals surface area contributed by atoms with Gasteiger partial charge >= 0.3 is 0 Å². The molecule has 1 aliphatic heterocycles. The molecule has 0 atom stereocenters. The Kier molecular flexibility index (Phi) is 4.65. The summed E-state index contributed by atoms with van der Waals surface area (Å²) < 4.78 is 0. The maximum atomic E-state index is 13.2. The predicted octanol–water partition coefficient (Wildman–Crippen LogP) is 5.07. The molecular weight excluding hydrogens is 354 g/mol. The molecule has 0 aliphatic carbocycles. The number of amides is 2. The summed E-state index contributed by atoms with van der Waals surface area (Å²) in [6.07, 6.45) is 0. The highest BCUT2D eigenvalue weighted by molar-refractivity contribution is 8.04. The van der Waals surface area contributed by atoms with Crippen molar-refractivity contribution >= 4 is 34.8 Å². The standard InChI is InChI=1S/C23H17NO2S/c1-16-12-14-17(15-13-16)20-21(27-19-10-6-3-7-11-19)23(26)24(22(20)25)18-8-4-2-5-9-18/h2-15H,1H3. The van der Waals surface area contributed by atoms with Crippen LogP contribution in [0.15, 0.2) is 94.7 Å². The van der Waals surface area contributed by atoms with Crippen molar-refractivity contribution in [3.8, 4) is 0 Å². The van der Waals surface area contributed by atoms with Crippen LogP contribution in [0.2, 0.25) is 0 Å². The van der Waals surface area contributed by atoms with E-state index >= 15 is 0 Å². The zero-order valence-electron chi connectivity index (χ0n) is 14.8. The van der Waals surface area contributed by atoms with Crippen molar-refractivity contribution in [1.29, 1.82) is 0 Å². The summed E-state index contributed by atoms with van der Waals surface area (Å²) in [5.74, 6) is -0.566. The summed E-state index contributed by atoms with van der Waals surface area (Å²) in [6, 6.07) is 26.4. The molecule has 0 saturated heterocycles. The lowest BCUT2D eigenvalue weighted by Gasteiger charge is -2.15. The van der Waals surface area contributed by atoms with Crippen molar-refractivity contribution < 1.29 is 9.59 Å². The largest absolute Gasteiger partial charge is 0.272 e. The van der Waals surface area contributed by atoms with Gasteiger partial charge in [0, 0.05) is 4.90 Å². The maximum absolute atomic E-state index is 13.2. The number of rotatable bonds is 4. The van der Waals surface area contributed by atoms with Gasteiger partial charge in [-0.3, -0.25) is 9.59 Å². The molecule has 0 unspecified atom stereocenters. The first-order valence-corrected chi connectivity index (χ1v) is 9.45. The van der Waals surface area contributed by atoms with Crippen LogP contribution in [-0.4, -0.2) is 11.8 Å². The second-order valence-corrected chi connectivity index (χ2v) is 7.35. The van der Waals surface area contributed by atoms with Crippen LogP contribution in [0, 0.1) is 6.92 Å². The van der Waals surface area contributed by atoms with E-state index in [4.69, 9.17) is 0 Å². The zero-order chi connectivity index (χ0) is 18.8. The molecule has 0 saturated carbocycles. The minimum atomic E-state index is -0.284. The van der Waals surface area contributed by atoms with E-state index in [1.165, 1.54) is 16.7 Å². The molecule has 27 heavy (non-hydrogen) atoms. The highest BCUT2D eigenvalue weighted by atomic mass is 32.2. The van der Waals surface area contributed by atoms with Crippen LogP contribution >= 0.6 is 11.8 Å². The third-order valence-corrected chi connectivity index (χ3v) is 5.45. The van der Waals surface area contributed by atoms with Crippen molar-refractivity contribution in [3.63, 3.8) is 0 Å². The van der Waals surface area contributed by atoms with Crippen molar-refractivity contribution in [2.75, 3.05) is 4.90 Å². The molecule has 1 heterocycles. The molecular formula is C23H17NO2S. The zero-order valence-corrected chi connectivity index (χ0v) is 15.6. The fraction of sp³-hybridized carbons (Fsp3) is 0.0435. The number of nitrogens with zero attached hydrogens (tertiary/aromatic N) is 1. The van der Waals surface area contributed by atoms with Gasteiger partial charge < -0.3 is 0 Å². The quantitative estimate of drug-likeness (QED) is 0.601. The van der Waals surface area contributed by atoms with Gasteiger partial charge in [0.25, 0.3) is 11.8 Å². The predicted molar refractivity (Wildman–Crippen MR) is 109 cm³/mol. The van der Waals surface area contributed by atoms with Crippen molar-refractivity contribution in [3.05, 3.63) is 101 Å². The minimum Gasteiger partial charge on any atom is -0.268 e. The number of para-hydroxylation sites is 1. The Balaban J connectivity index is 1.83. The number of carbonyl (C=O) groups excluding carboxylic acids is 2. The van der Waals surface area contributed by atoms with Crippen LogP contribution in [0.1, 0.15) is 11.1 Å². The molecule has 3 aromatic carbocycles. The number of hydrogen-bond acceptors (Lipinski definition) is 3. The second kappa shape index (κ2) is 7.25. The Morgan fingerprint density at radius 3 is 1.93 bits per heavy atom. The average molecular weight is 371 g/mol. The average Bonchev–Trinajstić information content (AvgIpc) is 2.94. The molecule has 3 nitrogen and oxygen atoms in total. The number of benzene rings is 3. The Morgan fingerprint density at radius 2 is 1.30 bits per heavy atom. The number of hydrogen-bond donors (Lipinski definition) is 0. The molecule has 2 amide bonds. The molecule has 0 fully saturated rings. The van der Waals surface area contributed by atoms with Crippen LogP contribution in [0.4, 0.5) is 5.69 Å². The normalized spacial score (nSPS) is 14.2. The van der Waals surface area contributed by atoms with E-state index in [0.29, 0.717) is 16.2 Å². The smallest absolute Gasteiger partial charge is 0.268 e. The van der Waals surface area contributed by atoms with Gasteiger partial charge in [-0.2, -0.15) is 0 Å². The van der Waals surface area contributed by atoms with Crippen molar-refractivity contribution in [1.82, 2.24) is 0 Å². The number of imide groups is 1. The highest BCUT2D eigenvalue weighted by Crippen LogP contribution is 2.41. The summed E-state index contributed by atoms with van der Waals surface area (Å²) in [6.45, 7) is 2.00. The Bertz CT molecular complexity index is 1020. The Morgan fingerprint density at radius 1 is 0.704 bits per heavy atom. The Labute approximate surface area is 162 Å². The highest BCUT2D eigenvalue weighted by Gasteiger charge is 2.40. The second-order valence-electron chi connectivity index (χ2n) is 6.27. The van der Waals surface area contributed by atoms with E-state index in [9.17, 15) is 9.59 Å². The van der Waals surface area contributed by atoms with Crippen LogP contribution in [0.5, 0.6) is 0 Å². The van der Waals surface area contributed by atoms with Gasteiger partial charge in [-0.15, -0.1) is 0 Å². The number of thioether (sulfide) groups is 1. The molecule has 4 rings (SSSR count). The van der Waals surface area contributed by atoms with Gasteiger partial charge in [0.05, 0.1) is 16.2 Å². The van der Waals surface area contributed by atoms with Gasteiger partial charge in [0.15, 0.2) is 0 Å². The van der Waals surface area contributed by atoms with Crippen LogP contribution in [-0.2, 0) is 9.59 Å². The molecule has 4 heteroatoms. The molecule has 3 aromatic rings. The summed E-state index contributed by atoms with van der Waals surface area (Å²) in [7, 11) is 0. The summed E-state index contributed by atoms with van der Waals surface area (Å²) >= 11 is 1.34. The maximum Gasteiger partial charge on any atom is 0.272 e. The van der Waals surface area contributed by atoms with Crippen LogP contribution < -0.4 is 4.90 Å². The lowest BCUT2D eigenvalue weighted by Crippen LogP contribution is -2.31. The SMILES string of the molecule is Cc1ccc(C2=C(Sc3ccccc3)C(=O)N(c3ccccc3)C2=O)cc1. The molecule has 0 aromatic heterocycles. The first-order chi connectivity index (χ1) is 13.1. The van der Waals surface area contributed by atoms with Gasteiger partial charge in [0.2, 0.25) is 0 Å². The monoisotopic (exact) mass is 371 g/mol. The van der Waals surface area contributed by atoms with E-state index in [1.54, 1.807) is 12.1 Å².